The first-order valence-electron chi connectivity index (χ1n) is 11.0. The van der Waals surface area contributed by atoms with Gasteiger partial charge >= 0.3 is 0 Å². The van der Waals surface area contributed by atoms with Crippen molar-refractivity contribution in [1.82, 2.24) is 15.6 Å². The van der Waals surface area contributed by atoms with Crippen LogP contribution in [0.4, 0.5) is 5.82 Å². The molecule has 0 spiro atoms. The molecule has 162 valence electrons. The number of nitrogens with zero attached hydrogens (tertiary/aromatic N) is 3. The molecule has 0 saturated carbocycles. The molecule has 1 aliphatic heterocycles. The largest absolute Gasteiger partial charge is 0.496 e. The third-order valence-electron chi connectivity index (χ3n) is 5.52. The molecule has 0 aliphatic carbocycles. The van der Waals surface area contributed by atoms with Gasteiger partial charge in [0.15, 0.2) is 5.96 Å². The molecule has 1 fully saturated rings. The summed E-state index contributed by atoms with van der Waals surface area (Å²) in [6.45, 7) is 9.84. The Balaban J connectivity index is 1.51. The van der Waals surface area contributed by atoms with Crippen LogP contribution in [-0.2, 0) is 6.42 Å². The molecular formula is C24H35N5O. The maximum atomic E-state index is 5.43. The Kier molecular flexibility index (Phi) is 7.94. The first-order chi connectivity index (χ1) is 14.6. The van der Waals surface area contributed by atoms with Crippen LogP contribution in [0.25, 0.3) is 0 Å². The Hall–Kier alpha value is -2.76. The summed E-state index contributed by atoms with van der Waals surface area (Å²) in [5, 5.41) is 7.01. The van der Waals surface area contributed by atoms with Crippen LogP contribution in [0.2, 0.25) is 0 Å². The van der Waals surface area contributed by atoms with Gasteiger partial charge in [-0.05, 0) is 69.4 Å². The topological polar surface area (TPSA) is 61.8 Å². The molecule has 2 N–H and O–H groups in total. The van der Waals surface area contributed by atoms with Gasteiger partial charge in [0, 0.05) is 37.9 Å². The monoisotopic (exact) mass is 409 g/mol. The molecule has 2 heterocycles. The van der Waals surface area contributed by atoms with E-state index in [0.29, 0.717) is 6.04 Å². The number of pyridine rings is 1. The summed E-state index contributed by atoms with van der Waals surface area (Å²) in [6, 6.07) is 13.0. The van der Waals surface area contributed by atoms with Crippen molar-refractivity contribution in [3.05, 3.63) is 53.2 Å². The number of nitrogens with one attached hydrogen (secondary N) is 2. The number of guanidine groups is 1. The van der Waals surface area contributed by atoms with Gasteiger partial charge in [0.25, 0.3) is 0 Å². The number of aromatic nitrogens is 1. The number of piperidine rings is 1. The second-order valence-corrected chi connectivity index (χ2v) is 7.86. The zero-order valence-corrected chi connectivity index (χ0v) is 18.7. The first kappa shape index (κ1) is 21.9. The molecule has 0 amide bonds. The average molecular weight is 410 g/mol. The fraction of sp³-hybridized carbons (Fsp3) is 0.500. The number of hydrogen-bond acceptors (Lipinski definition) is 4. The summed E-state index contributed by atoms with van der Waals surface area (Å²) >= 11 is 0. The molecule has 0 bridgehead atoms. The van der Waals surface area contributed by atoms with Crippen molar-refractivity contribution in [3.8, 4) is 5.75 Å². The van der Waals surface area contributed by atoms with Crippen LogP contribution in [0.5, 0.6) is 5.75 Å². The lowest BCUT2D eigenvalue weighted by Crippen LogP contribution is -2.49. The van der Waals surface area contributed by atoms with E-state index < -0.39 is 0 Å². The van der Waals surface area contributed by atoms with Crippen molar-refractivity contribution in [2.45, 2.75) is 46.1 Å². The third-order valence-corrected chi connectivity index (χ3v) is 5.52. The van der Waals surface area contributed by atoms with Gasteiger partial charge in [-0.25, -0.2) is 4.98 Å². The predicted molar refractivity (Wildman–Crippen MR) is 125 cm³/mol. The Morgan fingerprint density at radius 2 is 2.00 bits per heavy atom. The molecule has 0 unspecified atom stereocenters. The Labute approximate surface area is 180 Å². The zero-order chi connectivity index (χ0) is 21.3. The van der Waals surface area contributed by atoms with Gasteiger partial charge in [0.1, 0.15) is 11.6 Å². The van der Waals surface area contributed by atoms with Crippen LogP contribution in [-0.4, -0.2) is 50.3 Å². The zero-order valence-electron chi connectivity index (χ0n) is 18.7. The van der Waals surface area contributed by atoms with Crippen LogP contribution in [0.3, 0.4) is 0 Å². The molecule has 30 heavy (non-hydrogen) atoms. The summed E-state index contributed by atoms with van der Waals surface area (Å²) in [5.74, 6) is 2.93. The van der Waals surface area contributed by atoms with E-state index in [4.69, 9.17) is 9.73 Å². The number of benzene rings is 1. The number of hydrogen-bond donors (Lipinski definition) is 2. The minimum absolute atomic E-state index is 0.434. The highest BCUT2D eigenvalue weighted by Crippen LogP contribution is 2.20. The molecule has 6 nitrogen and oxygen atoms in total. The third kappa shape index (κ3) is 6.12. The lowest BCUT2D eigenvalue weighted by atomic mass is 10.1. The molecule has 6 heteroatoms. The first-order valence-corrected chi connectivity index (χ1v) is 11.0. The maximum absolute atomic E-state index is 5.43. The van der Waals surface area contributed by atoms with Crippen molar-refractivity contribution in [2.75, 3.05) is 38.2 Å². The molecule has 1 aromatic carbocycles. The van der Waals surface area contributed by atoms with Crippen LogP contribution >= 0.6 is 0 Å². The smallest absolute Gasteiger partial charge is 0.191 e. The average Bonchev–Trinajstić information content (AvgIpc) is 2.75. The Morgan fingerprint density at radius 1 is 1.20 bits per heavy atom. The van der Waals surface area contributed by atoms with Crippen LogP contribution in [0.1, 0.15) is 36.6 Å². The van der Waals surface area contributed by atoms with Crippen molar-refractivity contribution < 1.29 is 4.74 Å². The van der Waals surface area contributed by atoms with Crippen molar-refractivity contribution in [1.29, 1.82) is 0 Å². The van der Waals surface area contributed by atoms with Crippen LogP contribution < -0.4 is 20.3 Å². The maximum Gasteiger partial charge on any atom is 0.191 e. The lowest BCUT2D eigenvalue weighted by molar-refractivity contribution is 0.411. The Morgan fingerprint density at radius 3 is 2.70 bits per heavy atom. The van der Waals surface area contributed by atoms with Gasteiger partial charge in [0.2, 0.25) is 0 Å². The molecule has 2 aromatic rings. The standard InChI is InChI=1S/C24H35N5O/c1-5-25-24(26-14-11-20-10-9-18(2)22(17-20)30-4)28-21-12-15-29(16-13-21)23-8-6-7-19(3)27-23/h6-10,17,21H,5,11-16H2,1-4H3,(H2,25,26,28). The second kappa shape index (κ2) is 10.9. The fourth-order valence-electron chi connectivity index (χ4n) is 3.79. The SMILES string of the molecule is CCNC(=NCCc1ccc(C)c(OC)c1)NC1CCN(c2cccc(C)n2)CC1. The predicted octanol–water partition coefficient (Wildman–Crippen LogP) is 3.47. The summed E-state index contributed by atoms with van der Waals surface area (Å²) in [6.07, 6.45) is 3.05. The van der Waals surface area contributed by atoms with Gasteiger partial charge < -0.3 is 20.3 Å². The summed E-state index contributed by atoms with van der Waals surface area (Å²) < 4.78 is 5.43. The highest BCUT2D eigenvalue weighted by molar-refractivity contribution is 5.80. The summed E-state index contributed by atoms with van der Waals surface area (Å²) in [7, 11) is 1.72. The van der Waals surface area contributed by atoms with E-state index in [1.807, 2.05) is 13.0 Å². The van der Waals surface area contributed by atoms with Gasteiger partial charge in [-0.15, -0.1) is 0 Å². The number of ether oxygens (including phenoxy) is 1. The van der Waals surface area contributed by atoms with E-state index in [1.165, 1.54) is 5.56 Å². The number of rotatable bonds is 7. The fourth-order valence-corrected chi connectivity index (χ4v) is 3.79. The number of anilines is 1. The molecular weight excluding hydrogens is 374 g/mol. The van der Waals surface area contributed by atoms with E-state index in [1.54, 1.807) is 7.11 Å². The highest BCUT2D eigenvalue weighted by Gasteiger charge is 2.20. The van der Waals surface area contributed by atoms with Gasteiger partial charge in [-0.2, -0.15) is 0 Å². The minimum atomic E-state index is 0.434. The van der Waals surface area contributed by atoms with Crippen molar-refractivity contribution in [3.63, 3.8) is 0 Å². The molecule has 1 saturated heterocycles. The molecule has 0 atom stereocenters. The minimum Gasteiger partial charge on any atom is -0.496 e. The summed E-state index contributed by atoms with van der Waals surface area (Å²) in [5.41, 5.74) is 3.48. The molecule has 1 aliphatic rings. The van der Waals surface area contributed by atoms with Crippen LogP contribution in [0.15, 0.2) is 41.4 Å². The summed E-state index contributed by atoms with van der Waals surface area (Å²) in [4.78, 5) is 11.8. The van der Waals surface area contributed by atoms with E-state index in [0.717, 1.165) is 74.2 Å². The number of aryl methyl sites for hydroxylation is 2. The van der Waals surface area contributed by atoms with E-state index in [-0.39, 0.29) is 0 Å². The lowest BCUT2D eigenvalue weighted by Gasteiger charge is -2.34. The number of methoxy groups -OCH3 is 1. The molecule has 1 aromatic heterocycles. The number of aliphatic imine (C=N–C) groups is 1. The van der Waals surface area contributed by atoms with Gasteiger partial charge in [-0.3, -0.25) is 4.99 Å². The molecule has 3 rings (SSSR count). The van der Waals surface area contributed by atoms with Gasteiger partial charge in [0.05, 0.1) is 7.11 Å². The normalized spacial score (nSPS) is 15.2. The highest BCUT2D eigenvalue weighted by atomic mass is 16.5. The van der Waals surface area contributed by atoms with Crippen molar-refractivity contribution >= 4 is 11.8 Å². The van der Waals surface area contributed by atoms with E-state index in [9.17, 15) is 0 Å². The van der Waals surface area contributed by atoms with E-state index >= 15 is 0 Å². The second-order valence-electron chi connectivity index (χ2n) is 7.86. The van der Waals surface area contributed by atoms with Crippen LogP contribution in [0, 0.1) is 13.8 Å². The van der Waals surface area contributed by atoms with E-state index in [2.05, 4.69) is 64.7 Å². The molecule has 0 radical (unpaired) electrons. The van der Waals surface area contributed by atoms with Crippen molar-refractivity contribution in [2.24, 2.45) is 4.99 Å². The Bertz CT molecular complexity index is 843. The quantitative estimate of drug-likeness (QED) is 0.542. The van der Waals surface area contributed by atoms with Gasteiger partial charge in [-0.1, -0.05) is 18.2 Å².